The summed E-state index contributed by atoms with van der Waals surface area (Å²) < 4.78 is 4.99. The highest BCUT2D eigenvalue weighted by Crippen LogP contribution is 2.18. The molecule has 5 nitrogen and oxygen atoms in total. The average Bonchev–Trinajstić information content (AvgIpc) is 2.90. The maximum atomic E-state index is 11.8. The second-order valence-corrected chi connectivity index (χ2v) is 4.85. The number of hydrogen-bond acceptors (Lipinski definition) is 6. The lowest BCUT2D eigenvalue weighted by molar-refractivity contribution is 0.0527. The van der Waals surface area contributed by atoms with E-state index < -0.39 is 5.97 Å². The van der Waals surface area contributed by atoms with Crippen LogP contribution in [0.3, 0.4) is 0 Å². The van der Waals surface area contributed by atoms with Crippen LogP contribution in [0.4, 0.5) is 11.5 Å². The smallest absolute Gasteiger partial charge is 0.341 e. The van der Waals surface area contributed by atoms with Gasteiger partial charge >= 0.3 is 5.97 Å². The highest BCUT2D eigenvalue weighted by molar-refractivity contribution is 7.09. The molecule has 0 bridgehead atoms. The highest BCUT2D eigenvalue weighted by Gasteiger charge is 2.14. The molecule has 3 N–H and O–H groups in total. The number of carbonyl (C=O) groups excluding carboxylic acids is 1. The number of esters is 1. The van der Waals surface area contributed by atoms with E-state index in [2.05, 4.69) is 10.3 Å². The molecule has 0 aliphatic rings. The van der Waals surface area contributed by atoms with Crippen molar-refractivity contribution in [3.8, 4) is 0 Å². The third-order valence-electron chi connectivity index (χ3n) is 2.41. The average molecular weight is 277 g/mol. The molecule has 19 heavy (non-hydrogen) atoms. The summed E-state index contributed by atoms with van der Waals surface area (Å²) in [5.74, 6) is 0.0667. The zero-order chi connectivity index (χ0) is 13.7. The first-order chi connectivity index (χ1) is 9.20. The van der Waals surface area contributed by atoms with E-state index in [0.29, 0.717) is 30.2 Å². The molecule has 6 heteroatoms. The Morgan fingerprint density at radius 2 is 2.42 bits per heavy atom. The number of hydrogen-bond donors (Lipinski definition) is 2. The summed E-state index contributed by atoms with van der Waals surface area (Å²) in [6, 6.07) is 5.56. The molecule has 2 aromatic rings. The van der Waals surface area contributed by atoms with E-state index >= 15 is 0 Å². The van der Waals surface area contributed by atoms with Crippen LogP contribution in [0, 0.1) is 0 Å². The van der Waals surface area contributed by atoms with Crippen LogP contribution < -0.4 is 11.1 Å². The third-order valence-corrected chi connectivity index (χ3v) is 3.29. The molecular formula is C13H15N3O2S. The molecular weight excluding hydrogens is 262 g/mol. The van der Waals surface area contributed by atoms with E-state index in [1.54, 1.807) is 24.3 Å². The Labute approximate surface area is 115 Å². The van der Waals surface area contributed by atoms with Crippen molar-refractivity contribution in [1.29, 1.82) is 0 Å². The number of nitrogens with zero attached hydrogens (tertiary/aromatic N) is 1. The molecule has 0 aliphatic heterocycles. The van der Waals surface area contributed by atoms with E-state index in [0.717, 1.165) is 4.88 Å². The van der Waals surface area contributed by atoms with Gasteiger partial charge in [0.15, 0.2) is 0 Å². The molecule has 0 unspecified atom stereocenters. The normalized spacial score (nSPS) is 10.2. The van der Waals surface area contributed by atoms with Crippen LogP contribution in [0.15, 0.2) is 29.8 Å². The Hall–Kier alpha value is -2.08. The standard InChI is InChI=1S/C13H15N3O2S/c1-2-18-13(17)11-6-9(14)7-15-12(11)16-8-10-4-3-5-19-10/h3-7H,2,8,14H2,1H3,(H,15,16). The van der Waals surface area contributed by atoms with Crippen LogP contribution in [-0.2, 0) is 11.3 Å². The molecule has 0 spiro atoms. The van der Waals surface area contributed by atoms with Gasteiger partial charge in [0, 0.05) is 4.88 Å². The number of carbonyl (C=O) groups is 1. The first-order valence-corrected chi connectivity index (χ1v) is 6.77. The van der Waals surface area contributed by atoms with Crippen molar-refractivity contribution >= 4 is 28.8 Å². The minimum Gasteiger partial charge on any atom is -0.462 e. The number of nitrogen functional groups attached to an aromatic ring is 1. The van der Waals surface area contributed by atoms with E-state index in [1.807, 2.05) is 17.5 Å². The van der Waals surface area contributed by atoms with Gasteiger partial charge in [-0.15, -0.1) is 11.3 Å². The van der Waals surface area contributed by atoms with Gasteiger partial charge in [0.05, 0.1) is 25.0 Å². The summed E-state index contributed by atoms with van der Waals surface area (Å²) in [7, 11) is 0. The van der Waals surface area contributed by atoms with Gasteiger partial charge in [-0.1, -0.05) is 6.07 Å². The highest BCUT2D eigenvalue weighted by atomic mass is 32.1. The molecule has 0 radical (unpaired) electrons. The summed E-state index contributed by atoms with van der Waals surface area (Å²) in [5, 5.41) is 5.12. The number of nitrogens with one attached hydrogen (secondary N) is 1. The predicted octanol–water partition coefficient (Wildman–Crippen LogP) is 2.51. The maximum absolute atomic E-state index is 11.8. The van der Waals surface area contributed by atoms with Gasteiger partial charge in [0.25, 0.3) is 0 Å². The van der Waals surface area contributed by atoms with Gasteiger partial charge in [-0.3, -0.25) is 0 Å². The Kier molecular flexibility index (Phi) is 4.35. The van der Waals surface area contributed by atoms with Crippen molar-refractivity contribution in [1.82, 2.24) is 4.98 Å². The predicted molar refractivity (Wildman–Crippen MR) is 76.3 cm³/mol. The van der Waals surface area contributed by atoms with Gasteiger partial charge in [-0.25, -0.2) is 9.78 Å². The van der Waals surface area contributed by atoms with Gasteiger partial charge in [-0.05, 0) is 24.4 Å². The Bertz CT molecular complexity index is 555. The number of ether oxygens (including phenoxy) is 1. The van der Waals surface area contributed by atoms with Crippen molar-refractivity contribution < 1.29 is 9.53 Å². The van der Waals surface area contributed by atoms with E-state index in [1.165, 1.54) is 6.20 Å². The van der Waals surface area contributed by atoms with Crippen molar-refractivity contribution in [2.75, 3.05) is 17.7 Å². The number of anilines is 2. The molecule has 0 fully saturated rings. The third kappa shape index (κ3) is 3.45. The first kappa shape index (κ1) is 13.4. The fourth-order valence-electron chi connectivity index (χ4n) is 1.57. The number of nitrogens with two attached hydrogens (primary N) is 1. The SMILES string of the molecule is CCOC(=O)c1cc(N)cnc1NCc1cccs1. The first-order valence-electron chi connectivity index (χ1n) is 5.89. The van der Waals surface area contributed by atoms with Crippen molar-refractivity contribution in [2.24, 2.45) is 0 Å². The lowest BCUT2D eigenvalue weighted by Crippen LogP contribution is -2.11. The summed E-state index contributed by atoms with van der Waals surface area (Å²) in [4.78, 5) is 17.1. The maximum Gasteiger partial charge on any atom is 0.341 e. The van der Waals surface area contributed by atoms with Crippen molar-refractivity contribution in [2.45, 2.75) is 13.5 Å². The van der Waals surface area contributed by atoms with Gasteiger partial charge in [-0.2, -0.15) is 0 Å². The second-order valence-electron chi connectivity index (χ2n) is 3.82. The lowest BCUT2D eigenvalue weighted by atomic mass is 10.2. The van der Waals surface area contributed by atoms with Crippen LogP contribution in [-0.4, -0.2) is 17.6 Å². The number of pyridine rings is 1. The quantitative estimate of drug-likeness (QED) is 0.821. The van der Waals surface area contributed by atoms with Gasteiger partial charge in [0.1, 0.15) is 11.4 Å². The number of aromatic nitrogens is 1. The summed E-state index contributed by atoms with van der Waals surface area (Å²) >= 11 is 1.64. The Balaban J connectivity index is 2.16. The van der Waals surface area contributed by atoms with Crippen LogP contribution in [0.2, 0.25) is 0 Å². The molecule has 0 aromatic carbocycles. The Morgan fingerprint density at radius 1 is 1.58 bits per heavy atom. The summed E-state index contributed by atoms with van der Waals surface area (Å²) in [6.45, 7) is 2.69. The number of thiophene rings is 1. The van der Waals surface area contributed by atoms with E-state index in [4.69, 9.17) is 10.5 Å². The minimum atomic E-state index is -0.420. The molecule has 0 amide bonds. The van der Waals surface area contributed by atoms with Crippen LogP contribution in [0.25, 0.3) is 0 Å². The topological polar surface area (TPSA) is 77.2 Å². The fraction of sp³-hybridized carbons (Fsp3) is 0.231. The molecule has 0 aliphatic carbocycles. The molecule has 2 aromatic heterocycles. The fourth-order valence-corrected chi connectivity index (χ4v) is 2.21. The molecule has 2 heterocycles. The zero-order valence-corrected chi connectivity index (χ0v) is 11.4. The van der Waals surface area contributed by atoms with Gasteiger partial charge in [0.2, 0.25) is 0 Å². The van der Waals surface area contributed by atoms with Crippen molar-refractivity contribution in [3.63, 3.8) is 0 Å². The second kappa shape index (κ2) is 6.19. The monoisotopic (exact) mass is 277 g/mol. The lowest BCUT2D eigenvalue weighted by Gasteiger charge is -2.10. The van der Waals surface area contributed by atoms with Crippen LogP contribution in [0.1, 0.15) is 22.2 Å². The molecule has 2 rings (SSSR count). The molecule has 0 saturated heterocycles. The Morgan fingerprint density at radius 3 is 3.11 bits per heavy atom. The summed E-state index contributed by atoms with van der Waals surface area (Å²) in [6.07, 6.45) is 1.51. The van der Waals surface area contributed by atoms with Crippen molar-refractivity contribution in [3.05, 3.63) is 40.2 Å². The largest absolute Gasteiger partial charge is 0.462 e. The number of rotatable bonds is 5. The zero-order valence-electron chi connectivity index (χ0n) is 10.6. The van der Waals surface area contributed by atoms with Gasteiger partial charge < -0.3 is 15.8 Å². The van der Waals surface area contributed by atoms with E-state index in [9.17, 15) is 4.79 Å². The van der Waals surface area contributed by atoms with E-state index in [-0.39, 0.29) is 0 Å². The molecule has 100 valence electrons. The van der Waals surface area contributed by atoms with Crippen LogP contribution in [0.5, 0.6) is 0 Å². The molecule has 0 saturated carbocycles. The minimum absolute atomic E-state index is 0.317. The molecule has 0 atom stereocenters. The van der Waals surface area contributed by atoms with Crippen LogP contribution >= 0.6 is 11.3 Å². The summed E-state index contributed by atoms with van der Waals surface area (Å²) in [5.41, 5.74) is 6.45.